The summed E-state index contributed by atoms with van der Waals surface area (Å²) in [7, 11) is 1.35. The van der Waals surface area contributed by atoms with Crippen molar-refractivity contribution in [1.29, 1.82) is 0 Å². The monoisotopic (exact) mass is 210 g/mol. The van der Waals surface area contributed by atoms with Gasteiger partial charge in [-0.25, -0.2) is 0 Å². The van der Waals surface area contributed by atoms with Gasteiger partial charge in [0.05, 0.1) is 19.0 Å². The van der Waals surface area contributed by atoms with Crippen molar-refractivity contribution in [2.24, 2.45) is 0 Å². The Morgan fingerprint density at radius 1 is 1.67 bits per heavy atom. The lowest BCUT2D eigenvalue weighted by Crippen LogP contribution is -2.34. The molecule has 1 rings (SSSR count). The standard InChI is InChI=1S/C10H14N2O3/c1-7(10(14)15-2)11-5-8-3-4-9(13)6-12-8/h3-4,6-7,11,13H,5H2,1-2H3. The van der Waals surface area contributed by atoms with Crippen molar-refractivity contribution < 1.29 is 14.6 Å². The SMILES string of the molecule is COC(=O)C(C)NCc1ccc(O)cn1. The highest BCUT2D eigenvalue weighted by Gasteiger charge is 2.11. The maximum atomic E-state index is 11.0. The van der Waals surface area contributed by atoms with Gasteiger partial charge in [0.15, 0.2) is 0 Å². The molecule has 0 spiro atoms. The van der Waals surface area contributed by atoms with Crippen LogP contribution in [0, 0.1) is 0 Å². The van der Waals surface area contributed by atoms with E-state index in [-0.39, 0.29) is 17.8 Å². The van der Waals surface area contributed by atoms with Crippen molar-refractivity contribution in [3.05, 3.63) is 24.0 Å². The van der Waals surface area contributed by atoms with Crippen molar-refractivity contribution in [2.45, 2.75) is 19.5 Å². The number of nitrogens with one attached hydrogen (secondary N) is 1. The molecular weight excluding hydrogens is 196 g/mol. The molecule has 2 N–H and O–H groups in total. The van der Waals surface area contributed by atoms with Crippen molar-refractivity contribution in [3.8, 4) is 5.75 Å². The first-order chi connectivity index (χ1) is 7.13. The van der Waals surface area contributed by atoms with Crippen LogP contribution in [0.1, 0.15) is 12.6 Å². The highest BCUT2D eigenvalue weighted by atomic mass is 16.5. The van der Waals surface area contributed by atoms with Gasteiger partial charge in [-0.2, -0.15) is 0 Å². The summed E-state index contributed by atoms with van der Waals surface area (Å²) < 4.78 is 4.56. The van der Waals surface area contributed by atoms with Crippen LogP contribution in [0.4, 0.5) is 0 Å². The van der Waals surface area contributed by atoms with Crippen LogP contribution in [-0.2, 0) is 16.1 Å². The highest BCUT2D eigenvalue weighted by Crippen LogP contribution is 2.05. The molecular formula is C10H14N2O3. The Morgan fingerprint density at radius 2 is 2.40 bits per heavy atom. The molecule has 0 saturated carbocycles. The fraction of sp³-hybridized carbons (Fsp3) is 0.400. The van der Waals surface area contributed by atoms with Crippen molar-refractivity contribution in [3.63, 3.8) is 0 Å². The molecule has 1 unspecified atom stereocenters. The maximum absolute atomic E-state index is 11.0. The number of methoxy groups -OCH3 is 1. The first-order valence-corrected chi connectivity index (χ1v) is 4.58. The lowest BCUT2D eigenvalue weighted by molar-refractivity contribution is -0.142. The average Bonchev–Trinajstić information content (AvgIpc) is 2.26. The molecule has 0 radical (unpaired) electrons. The lowest BCUT2D eigenvalue weighted by atomic mass is 10.3. The summed E-state index contributed by atoms with van der Waals surface area (Å²) in [4.78, 5) is 15.0. The molecule has 0 aliphatic carbocycles. The summed E-state index contributed by atoms with van der Waals surface area (Å²) in [6, 6.07) is 2.87. The minimum atomic E-state index is -0.370. The fourth-order valence-corrected chi connectivity index (χ4v) is 1.04. The zero-order valence-corrected chi connectivity index (χ0v) is 8.73. The Hall–Kier alpha value is -1.62. The molecule has 0 fully saturated rings. The molecule has 82 valence electrons. The third-order valence-corrected chi connectivity index (χ3v) is 1.95. The minimum Gasteiger partial charge on any atom is -0.506 e. The van der Waals surface area contributed by atoms with Crippen LogP contribution in [0.2, 0.25) is 0 Å². The van der Waals surface area contributed by atoms with Gasteiger partial charge >= 0.3 is 5.97 Å². The third kappa shape index (κ3) is 3.55. The van der Waals surface area contributed by atoms with E-state index in [9.17, 15) is 4.79 Å². The smallest absolute Gasteiger partial charge is 0.322 e. The van der Waals surface area contributed by atoms with E-state index in [1.807, 2.05) is 0 Å². The molecule has 1 heterocycles. The molecule has 1 aromatic heterocycles. The van der Waals surface area contributed by atoms with Gasteiger partial charge in [-0.1, -0.05) is 0 Å². The second-order valence-corrected chi connectivity index (χ2v) is 3.13. The van der Waals surface area contributed by atoms with E-state index in [0.29, 0.717) is 6.54 Å². The van der Waals surface area contributed by atoms with Crippen LogP contribution in [-0.4, -0.2) is 29.2 Å². The highest BCUT2D eigenvalue weighted by molar-refractivity contribution is 5.75. The molecule has 5 nitrogen and oxygen atoms in total. The molecule has 0 aliphatic heterocycles. The fourth-order valence-electron chi connectivity index (χ4n) is 1.04. The second kappa shape index (κ2) is 5.31. The van der Waals surface area contributed by atoms with Crippen molar-refractivity contribution >= 4 is 5.97 Å². The van der Waals surface area contributed by atoms with Crippen LogP contribution < -0.4 is 5.32 Å². The number of aromatic hydroxyl groups is 1. The summed E-state index contributed by atoms with van der Waals surface area (Å²) in [5.41, 5.74) is 0.753. The van der Waals surface area contributed by atoms with E-state index in [0.717, 1.165) is 5.69 Å². The van der Waals surface area contributed by atoms with Crippen molar-refractivity contribution in [1.82, 2.24) is 10.3 Å². The predicted molar refractivity (Wildman–Crippen MR) is 54.2 cm³/mol. The second-order valence-electron chi connectivity index (χ2n) is 3.13. The molecule has 0 amide bonds. The van der Waals surface area contributed by atoms with Gasteiger partial charge < -0.3 is 9.84 Å². The molecule has 5 heteroatoms. The molecule has 1 atom stereocenters. The Bertz CT molecular complexity index is 324. The number of ether oxygens (including phenoxy) is 1. The van der Waals surface area contributed by atoms with Gasteiger partial charge in [0, 0.05) is 6.54 Å². The molecule has 0 aliphatic rings. The van der Waals surface area contributed by atoms with Gasteiger partial charge in [-0.15, -0.1) is 0 Å². The Balaban J connectivity index is 2.43. The third-order valence-electron chi connectivity index (χ3n) is 1.95. The summed E-state index contributed by atoms with van der Waals surface area (Å²) in [5, 5.41) is 12.0. The van der Waals surface area contributed by atoms with Crippen LogP contribution in [0.15, 0.2) is 18.3 Å². The first-order valence-electron chi connectivity index (χ1n) is 4.58. The Morgan fingerprint density at radius 3 is 2.93 bits per heavy atom. The number of aromatic nitrogens is 1. The van der Waals surface area contributed by atoms with Crippen LogP contribution in [0.5, 0.6) is 5.75 Å². The van der Waals surface area contributed by atoms with Crippen LogP contribution in [0.25, 0.3) is 0 Å². The topological polar surface area (TPSA) is 71.5 Å². The zero-order chi connectivity index (χ0) is 11.3. The Labute approximate surface area is 88.1 Å². The number of rotatable bonds is 4. The first kappa shape index (κ1) is 11.5. The quantitative estimate of drug-likeness (QED) is 0.705. The number of esters is 1. The lowest BCUT2D eigenvalue weighted by Gasteiger charge is -2.10. The number of hydrogen-bond donors (Lipinski definition) is 2. The number of nitrogens with zero attached hydrogens (tertiary/aromatic N) is 1. The average molecular weight is 210 g/mol. The summed E-state index contributed by atoms with van der Waals surface area (Å²) >= 11 is 0. The summed E-state index contributed by atoms with van der Waals surface area (Å²) in [5.74, 6) is -0.187. The molecule has 0 aromatic carbocycles. The van der Waals surface area contributed by atoms with Crippen LogP contribution in [0.3, 0.4) is 0 Å². The maximum Gasteiger partial charge on any atom is 0.322 e. The van der Waals surface area contributed by atoms with Crippen LogP contribution >= 0.6 is 0 Å². The number of carbonyl (C=O) groups excluding carboxylic acids is 1. The minimum absolute atomic E-state index is 0.125. The molecule has 1 aromatic rings. The predicted octanol–water partition coefficient (Wildman–Crippen LogP) is 0.438. The normalized spacial score (nSPS) is 12.1. The van der Waals surface area contributed by atoms with Gasteiger partial charge in [0.25, 0.3) is 0 Å². The van der Waals surface area contributed by atoms with E-state index in [2.05, 4.69) is 15.0 Å². The molecule has 0 saturated heterocycles. The summed E-state index contributed by atoms with van der Waals surface area (Å²) in [6.45, 7) is 2.17. The van der Waals surface area contributed by atoms with Gasteiger partial charge in [0.2, 0.25) is 0 Å². The number of hydrogen-bond acceptors (Lipinski definition) is 5. The zero-order valence-electron chi connectivity index (χ0n) is 8.73. The van der Waals surface area contributed by atoms with Crippen molar-refractivity contribution in [2.75, 3.05) is 7.11 Å². The Kier molecular flexibility index (Phi) is 4.05. The van der Waals surface area contributed by atoms with Gasteiger partial charge in [-0.3, -0.25) is 15.1 Å². The molecule has 0 bridgehead atoms. The van der Waals surface area contributed by atoms with E-state index in [1.165, 1.54) is 13.3 Å². The van der Waals surface area contributed by atoms with E-state index in [1.54, 1.807) is 19.1 Å². The number of pyridine rings is 1. The number of carbonyl (C=O) groups is 1. The largest absolute Gasteiger partial charge is 0.506 e. The van der Waals surface area contributed by atoms with E-state index >= 15 is 0 Å². The van der Waals surface area contributed by atoms with E-state index in [4.69, 9.17) is 5.11 Å². The summed E-state index contributed by atoms with van der Waals surface area (Å²) in [6.07, 6.45) is 1.36. The van der Waals surface area contributed by atoms with E-state index < -0.39 is 0 Å². The molecule has 15 heavy (non-hydrogen) atoms. The van der Waals surface area contributed by atoms with Gasteiger partial charge in [-0.05, 0) is 19.1 Å². The van der Waals surface area contributed by atoms with Gasteiger partial charge in [0.1, 0.15) is 11.8 Å².